The Morgan fingerprint density at radius 3 is 2.95 bits per heavy atom. The molecule has 1 aromatic heterocycles. The molecular weight excluding hydrogens is 258 g/mol. The van der Waals surface area contributed by atoms with Crippen LogP contribution in [0.3, 0.4) is 0 Å². The fourth-order valence-corrected chi connectivity index (χ4v) is 2.44. The van der Waals surface area contributed by atoms with Gasteiger partial charge in [-0.1, -0.05) is 24.3 Å². The number of benzene rings is 1. The molecule has 5 heteroatoms. The van der Waals surface area contributed by atoms with Crippen molar-refractivity contribution in [3.8, 4) is 0 Å². The molecule has 0 unspecified atom stereocenters. The number of anilines is 1. The van der Waals surface area contributed by atoms with E-state index in [0.29, 0.717) is 17.8 Å². The van der Waals surface area contributed by atoms with Gasteiger partial charge >= 0.3 is 0 Å². The minimum absolute atomic E-state index is 0.0266. The van der Waals surface area contributed by atoms with Crippen LogP contribution >= 0.6 is 11.3 Å². The molecule has 0 atom stereocenters. The van der Waals surface area contributed by atoms with Gasteiger partial charge in [-0.15, -0.1) is 11.3 Å². The van der Waals surface area contributed by atoms with Gasteiger partial charge in [0.2, 0.25) is 5.78 Å². The third kappa shape index (κ3) is 3.39. The maximum atomic E-state index is 12.3. The molecule has 1 heterocycles. The van der Waals surface area contributed by atoms with E-state index in [1.807, 2.05) is 31.2 Å². The SMILES string of the molecule is Cc1ccccc1C(=O)c1csc(NCCCN)n1. The van der Waals surface area contributed by atoms with Crippen LogP contribution in [0.4, 0.5) is 5.13 Å². The molecule has 4 nitrogen and oxygen atoms in total. The number of hydrogen-bond donors (Lipinski definition) is 2. The second-order valence-electron chi connectivity index (χ2n) is 4.25. The van der Waals surface area contributed by atoms with E-state index in [1.165, 1.54) is 11.3 Å². The summed E-state index contributed by atoms with van der Waals surface area (Å²) in [5.74, 6) is -0.0266. The van der Waals surface area contributed by atoms with Crippen molar-refractivity contribution in [3.05, 3.63) is 46.5 Å². The monoisotopic (exact) mass is 275 g/mol. The summed E-state index contributed by atoms with van der Waals surface area (Å²) in [4.78, 5) is 16.6. The molecule has 0 aliphatic carbocycles. The van der Waals surface area contributed by atoms with E-state index in [9.17, 15) is 4.79 Å². The minimum Gasteiger partial charge on any atom is -0.361 e. The quantitative estimate of drug-likeness (QED) is 0.627. The van der Waals surface area contributed by atoms with Gasteiger partial charge in [-0.05, 0) is 25.5 Å². The summed E-state index contributed by atoms with van der Waals surface area (Å²) < 4.78 is 0. The van der Waals surface area contributed by atoms with Crippen LogP contribution in [-0.4, -0.2) is 23.9 Å². The Morgan fingerprint density at radius 1 is 1.42 bits per heavy atom. The van der Waals surface area contributed by atoms with Crippen LogP contribution in [-0.2, 0) is 0 Å². The van der Waals surface area contributed by atoms with Crippen molar-refractivity contribution < 1.29 is 4.79 Å². The molecule has 100 valence electrons. The Labute approximate surface area is 116 Å². The van der Waals surface area contributed by atoms with Crippen molar-refractivity contribution >= 4 is 22.3 Å². The zero-order valence-electron chi connectivity index (χ0n) is 10.8. The van der Waals surface area contributed by atoms with Crippen molar-refractivity contribution in [1.29, 1.82) is 0 Å². The summed E-state index contributed by atoms with van der Waals surface area (Å²) in [5.41, 5.74) is 7.60. The van der Waals surface area contributed by atoms with Gasteiger partial charge in [-0.25, -0.2) is 4.98 Å². The molecule has 2 rings (SSSR count). The summed E-state index contributed by atoms with van der Waals surface area (Å²) in [6, 6.07) is 7.55. The van der Waals surface area contributed by atoms with Crippen molar-refractivity contribution in [2.45, 2.75) is 13.3 Å². The van der Waals surface area contributed by atoms with Gasteiger partial charge in [0.1, 0.15) is 5.69 Å². The predicted octanol–water partition coefficient (Wildman–Crippen LogP) is 2.44. The first-order valence-electron chi connectivity index (χ1n) is 6.22. The number of aromatic nitrogens is 1. The van der Waals surface area contributed by atoms with Crippen LogP contribution in [0.25, 0.3) is 0 Å². The lowest BCUT2D eigenvalue weighted by Gasteiger charge is -2.02. The van der Waals surface area contributed by atoms with E-state index in [-0.39, 0.29) is 5.78 Å². The van der Waals surface area contributed by atoms with Gasteiger partial charge in [-0.2, -0.15) is 0 Å². The Bertz CT molecular complexity index is 565. The van der Waals surface area contributed by atoms with Gasteiger partial charge < -0.3 is 11.1 Å². The number of carbonyl (C=O) groups is 1. The van der Waals surface area contributed by atoms with Gasteiger partial charge in [0, 0.05) is 17.5 Å². The second-order valence-corrected chi connectivity index (χ2v) is 5.11. The standard InChI is InChI=1S/C14H17N3OS/c1-10-5-2-3-6-11(10)13(18)12-9-19-14(17-12)16-8-4-7-15/h2-3,5-6,9H,4,7-8,15H2,1H3,(H,16,17). The topological polar surface area (TPSA) is 68.0 Å². The Hall–Kier alpha value is -1.72. The lowest BCUT2D eigenvalue weighted by Crippen LogP contribution is -2.09. The first-order valence-corrected chi connectivity index (χ1v) is 7.10. The normalized spacial score (nSPS) is 10.4. The summed E-state index contributed by atoms with van der Waals surface area (Å²) in [6.45, 7) is 3.36. The fourth-order valence-electron chi connectivity index (χ4n) is 1.72. The van der Waals surface area contributed by atoms with Crippen LogP contribution in [0.5, 0.6) is 0 Å². The number of nitrogens with two attached hydrogens (primary N) is 1. The highest BCUT2D eigenvalue weighted by Crippen LogP contribution is 2.19. The highest BCUT2D eigenvalue weighted by atomic mass is 32.1. The first kappa shape index (κ1) is 13.7. The zero-order valence-corrected chi connectivity index (χ0v) is 11.7. The molecule has 0 bridgehead atoms. The number of ketones is 1. The van der Waals surface area contributed by atoms with E-state index in [1.54, 1.807) is 5.38 Å². The molecule has 0 aliphatic rings. The maximum absolute atomic E-state index is 12.3. The molecule has 19 heavy (non-hydrogen) atoms. The minimum atomic E-state index is -0.0266. The Kier molecular flexibility index (Phi) is 4.65. The summed E-state index contributed by atoms with van der Waals surface area (Å²) in [5, 5.41) is 5.72. The Morgan fingerprint density at radius 2 is 2.21 bits per heavy atom. The molecule has 0 radical (unpaired) electrons. The van der Waals surface area contributed by atoms with E-state index < -0.39 is 0 Å². The van der Waals surface area contributed by atoms with Crippen molar-refractivity contribution in [2.24, 2.45) is 5.73 Å². The molecule has 1 aromatic carbocycles. The van der Waals surface area contributed by atoms with E-state index >= 15 is 0 Å². The Balaban J connectivity index is 2.10. The van der Waals surface area contributed by atoms with Crippen LogP contribution < -0.4 is 11.1 Å². The van der Waals surface area contributed by atoms with E-state index in [4.69, 9.17) is 5.73 Å². The molecule has 3 N–H and O–H groups in total. The van der Waals surface area contributed by atoms with Crippen molar-refractivity contribution in [2.75, 3.05) is 18.4 Å². The number of aryl methyl sites for hydroxylation is 1. The average Bonchev–Trinajstić information content (AvgIpc) is 2.88. The van der Waals surface area contributed by atoms with Gasteiger partial charge in [0.05, 0.1) is 0 Å². The van der Waals surface area contributed by atoms with Crippen LogP contribution in [0.2, 0.25) is 0 Å². The molecule has 0 saturated carbocycles. The highest BCUT2D eigenvalue weighted by molar-refractivity contribution is 7.13. The maximum Gasteiger partial charge on any atom is 0.212 e. The van der Waals surface area contributed by atoms with Crippen LogP contribution in [0.1, 0.15) is 28.0 Å². The third-order valence-electron chi connectivity index (χ3n) is 2.78. The highest BCUT2D eigenvalue weighted by Gasteiger charge is 2.14. The zero-order chi connectivity index (χ0) is 13.7. The molecule has 0 amide bonds. The van der Waals surface area contributed by atoms with E-state index in [0.717, 1.165) is 23.7 Å². The lowest BCUT2D eigenvalue weighted by molar-refractivity contribution is 0.103. The third-order valence-corrected chi connectivity index (χ3v) is 3.58. The molecule has 0 saturated heterocycles. The smallest absolute Gasteiger partial charge is 0.212 e. The number of hydrogen-bond acceptors (Lipinski definition) is 5. The molecule has 0 fully saturated rings. The average molecular weight is 275 g/mol. The fraction of sp³-hybridized carbons (Fsp3) is 0.286. The summed E-state index contributed by atoms with van der Waals surface area (Å²) >= 11 is 1.44. The number of thiazole rings is 1. The van der Waals surface area contributed by atoms with E-state index in [2.05, 4.69) is 10.3 Å². The van der Waals surface area contributed by atoms with Crippen LogP contribution in [0.15, 0.2) is 29.6 Å². The predicted molar refractivity (Wildman–Crippen MR) is 78.9 cm³/mol. The second kappa shape index (κ2) is 6.45. The van der Waals surface area contributed by atoms with Gasteiger partial charge in [0.15, 0.2) is 5.13 Å². The van der Waals surface area contributed by atoms with Gasteiger partial charge in [-0.3, -0.25) is 4.79 Å². The lowest BCUT2D eigenvalue weighted by atomic mass is 10.0. The number of nitrogens with one attached hydrogen (secondary N) is 1. The summed E-state index contributed by atoms with van der Waals surface area (Å²) in [6.07, 6.45) is 0.890. The number of nitrogens with zero attached hydrogens (tertiary/aromatic N) is 1. The number of carbonyl (C=O) groups excluding carboxylic acids is 1. The first-order chi connectivity index (χ1) is 9.22. The largest absolute Gasteiger partial charge is 0.361 e. The molecule has 0 aliphatic heterocycles. The van der Waals surface area contributed by atoms with Crippen molar-refractivity contribution in [1.82, 2.24) is 4.98 Å². The molecule has 0 spiro atoms. The van der Waals surface area contributed by atoms with Crippen molar-refractivity contribution in [3.63, 3.8) is 0 Å². The van der Waals surface area contributed by atoms with Crippen LogP contribution in [0, 0.1) is 6.92 Å². The number of rotatable bonds is 6. The molecule has 2 aromatic rings. The van der Waals surface area contributed by atoms with Gasteiger partial charge in [0.25, 0.3) is 0 Å². The summed E-state index contributed by atoms with van der Waals surface area (Å²) in [7, 11) is 0. The molecular formula is C14H17N3OS.